The van der Waals surface area contributed by atoms with Crippen molar-refractivity contribution in [1.29, 1.82) is 0 Å². The van der Waals surface area contributed by atoms with Crippen LogP contribution in [0, 0.1) is 0 Å². The van der Waals surface area contributed by atoms with E-state index in [1.165, 1.54) is 0 Å². The summed E-state index contributed by atoms with van der Waals surface area (Å²) >= 11 is 0. The minimum atomic E-state index is -4.88. The van der Waals surface area contributed by atoms with Gasteiger partial charge in [0.15, 0.2) is 0 Å². The second-order valence-corrected chi connectivity index (χ2v) is 5.57. The van der Waals surface area contributed by atoms with Gasteiger partial charge < -0.3 is 14.9 Å². The van der Waals surface area contributed by atoms with Crippen molar-refractivity contribution in [1.82, 2.24) is 0 Å². The number of carboxylic acid groups (broad SMARTS) is 1. The Labute approximate surface area is 120 Å². The highest BCUT2D eigenvalue weighted by Crippen LogP contribution is 2.45. The van der Waals surface area contributed by atoms with E-state index in [4.69, 9.17) is 14.9 Å². The van der Waals surface area contributed by atoms with E-state index in [9.17, 15) is 9.36 Å². The zero-order valence-electron chi connectivity index (χ0n) is 10.8. The molecule has 0 heterocycles. The normalized spacial score (nSPS) is 13.0. The van der Waals surface area contributed by atoms with E-state index in [0.717, 1.165) is 5.39 Å². The molecule has 6 nitrogen and oxygen atoms in total. The third-order valence-electron chi connectivity index (χ3n) is 2.94. The molecule has 2 aromatic carbocycles. The molecule has 0 bridgehead atoms. The summed E-state index contributed by atoms with van der Waals surface area (Å²) in [5, 5.41) is 10.5. The van der Waals surface area contributed by atoms with Crippen LogP contribution < -0.4 is 0 Å². The van der Waals surface area contributed by atoms with Gasteiger partial charge in [-0.05, 0) is 16.3 Å². The van der Waals surface area contributed by atoms with Gasteiger partial charge in [0.25, 0.3) is 0 Å². The van der Waals surface area contributed by atoms with Crippen molar-refractivity contribution in [2.24, 2.45) is 0 Å². The number of carbonyl (C=O) groups is 1. The molecule has 0 spiro atoms. The summed E-state index contributed by atoms with van der Waals surface area (Å²) in [6, 6.07) is 12.1. The summed E-state index contributed by atoms with van der Waals surface area (Å²) in [6.45, 7) is 3.35. The summed E-state index contributed by atoms with van der Waals surface area (Å²) in [5.74, 6) is -1.39. The molecule has 21 heavy (non-hydrogen) atoms. The Kier molecular flexibility index (Phi) is 4.25. The summed E-state index contributed by atoms with van der Waals surface area (Å²) < 4.78 is 15.8. The maximum atomic E-state index is 11.1. The maximum absolute atomic E-state index is 11.1. The van der Waals surface area contributed by atoms with Crippen LogP contribution in [0.3, 0.4) is 0 Å². The Morgan fingerprint density at radius 1 is 1.14 bits per heavy atom. The largest absolute Gasteiger partial charge is 0.478 e. The summed E-state index contributed by atoms with van der Waals surface area (Å²) in [7, 11) is -4.88. The van der Waals surface area contributed by atoms with Crippen LogP contribution in [0.5, 0.6) is 0 Å². The van der Waals surface area contributed by atoms with E-state index >= 15 is 0 Å². The minimum Gasteiger partial charge on any atom is -0.478 e. The molecule has 2 rings (SSSR count). The summed E-state index contributed by atoms with van der Waals surface area (Å²) in [4.78, 5) is 29.1. The minimum absolute atomic E-state index is 0.337. The first-order valence-electron chi connectivity index (χ1n) is 5.93. The number of aliphatic carboxylic acids is 1. The Hall–Kier alpha value is -1.98. The van der Waals surface area contributed by atoms with Crippen LogP contribution in [0.2, 0.25) is 0 Å². The molecule has 0 aromatic heterocycles. The first kappa shape index (κ1) is 15.4. The topological polar surface area (TPSA) is 104 Å². The van der Waals surface area contributed by atoms with Gasteiger partial charge in [-0.2, -0.15) is 0 Å². The highest BCUT2D eigenvalue weighted by Gasteiger charge is 2.30. The molecular formula is C14H13O6P. The molecule has 0 aliphatic carbocycles. The monoisotopic (exact) mass is 308 g/mol. The van der Waals surface area contributed by atoms with Gasteiger partial charge in [-0.15, -0.1) is 0 Å². The molecule has 0 radical (unpaired) electrons. The van der Waals surface area contributed by atoms with E-state index in [2.05, 4.69) is 11.1 Å². The van der Waals surface area contributed by atoms with E-state index < -0.39 is 25.5 Å². The quantitative estimate of drug-likeness (QED) is 0.579. The van der Waals surface area contributed by atoms with Gasteiger partial charge in [-0.3, -0.25) is 4.52 Å². The van der Waals surface area contributed by atoms with Gasteiger partial charge in [0, 0.05) is 0 Å². The Bertz CT molecular complexity index is 743. The number of hydrogen-bond donors (Lipinski definition) is 3. The van der Waals surface area contributed by atoms with Gasteiger partial charge >= 0.3 is 13.8 Å². The highest BCUT2D eigenvalue weighted by atomic mass is 31.2. The molecule has 0 aliphatic heterocycles. The molecule has 0 amide bonds. The molecule has 0 aliphatic rings. The zero-order chi connectivity index (χ0) is 15.6. The van der Waals surface area contributed by atoms with E-state index in [-0.39, 0.29) is 0 Å². The zero-order valence-corrected chi connectivity index (χ0v) is 11.7. The molecule has 1 atom stereocenters. The van der Waals surface area contributed by atoms with Crippen LogP contribution in [0.15, 0.2) is 54.6 Å². The predicted molar refractivity (Wildman–Crippen MR) is 76.6 cm³/mol. The Balaban J connectivity index is 2.61. The second kappa shape index (κ2) is 5.79. The fourth-order valence-electron chi connectivity index (χ4n) is 2.04. The van der Waals surface area contributed by atoms with Gasteiger partial charge in [-0.25, -0.2) is 9.36 Å². The third-order valence-corrected chi connectivity index (χ3v) is 3.43. The predicted octanol–water partition coefficient (Wildman–Crippen LogP) is 2.63. The molecule has 2 aromatic rings. The third kappa shape index (κ3) is 3.56. The van der Waals surface area contributed by atoms with Crippen LogP contribution in [0.1, 0.15) is 11.7 Å². The average molecular weight is 308 g/mol. The molecule has 0 saturated heterocycles. The maximum Gasteiger partial charge on any atom is 0.470 e. The van der Waals surface area contributed by atoms with Crippen molar-refractivity contribution in [2.75, 3.05) is 0 Å². The number of carboxylic acids is 1. The first-order valence-corrected chi connectivity index (χ1v) is 7.46. The van der Waals surface area contributed by atoms with Crippen LogP contribution in [0.25, 0.3) is 10.8 Å². The number of phosphoric acid groups is 1. The van der Waals surface area contributed by atoms with E-state index in [0.29, 0.717) is 10.9 Å². The summed E-state index contributed by atoms with van der Waals surface area (Å²) in [6.07, 6.45) is -1.44. The standard InChI is InChI=1S/C14H13O6P/c1-9(14(15)16)13(20-21(17,18)19)12-8-4-6-10-5-2-3-7-11(10)12/h2-8,13H,1H2,(H,15,16)(H2,17,18,19). The first-order chi connectivity index (χ1) is 9.79. The lowest BCUT2D eigenvalue weighted by Gasteiger charge is -2.20. The molecule has 0 fully saturated rings. The summed E-state index contributed by atoms with van der Waals surface area (Å²) in [5.41, 5.74) is -0.112. The highest BCUT2D eigenvalue weighted by molar-refractivity contribution is 7.46. The number of benzene rings is 2. The van der Waals surface area contributed by atoms with Gasteiger partial charge in [0.2, 0.25) is 0 Å². The number of hydrogen-bond acceptors (Lipinski definition) is 3. The van der Waals surface area contributed by atoms with Crippen molar-refractivity contribution in [3.8, 4) is 0 Å². The molecule has 0 saturated carbocycles. The lowest BCUT2D eigenvalue weighted by Crippen LogP contribution is -2.13. The SMILES string of the molecule is C=C(C(=O)O)C(OP(=O)(O)O)c1cccc2ccccc12. The Morgan fingerprint density at radius 2 is 1.76 bits per heavy atom. The average Bonchev–Trinajstić information content (AvgIpc) is 2.42. The van der Waals surface area contributed by atoms with Crippen molar-refractivity contribution in [2.45, 2.75) is 6.10 Å². The van der Waals surface area contributed by atoms with Crippen LogP contribution in [0.4, 0.5) is 0 Å². The molecule has 7 heteroatoms. The lowest BCUT2D eigenvalue weighted by molar-refractivity contribution is -0.133. The smallest absolute Gasteiger partial charge is 0.470 e. The Morgan fingerprint density at radius 3 is 2.38 bits per heavy atom. The number of phosphoric ester groups is 1. The van der Waals surface area contributed by atoms with E-state index in [1.54, 1.807) is 42.5 Å². The van der Waals surface area contributed by atoms with Crippen LogP contribution in [-0.4, -0.2) is 20.9 Å². The second-order valence-electron chi connectivity index (χ2n) is 4.37. The lowest BCUT2D eigenvalue weighted by atomic mass is 9.96. The van der Waals surface area contributed by atoms with Crippen LogP contribution >= 0.6 is 7.82 Å². The van der Waals surface area contributed by atoms with Gasteiger partial charge in [0.1, 0.15) is 6.10 Å². The molecule has 3 N–H and O–H groups in total. The fourth-order valence-corrected chi connectivity index (χ4v) is 2.55. The van der Waals surface area contributed by atoms with Crippen molar-refractivity contribution >= 4 is 24.6 Å². The molecule has 1 unspecified atom stereocenters. The van der Waals surface area contributed by atoms with Crippen molar-refractivity contribution < 1.29 is 28.8 Å². The van der Waals surface area contributed by atoms with E-state index in [1.807, 2.05) is 0 Å². The molecule has 110 valence electrons. The van der Waals surface area contributed by atoms with Gasteiger partial charge in [0.05, 0.1) is 5.57 Å². The van der Waals surface area contributed by atoms with Crippen molar-refractivity contribution in [3.63, 3.8) is 0 Å². The van der Waals surface area contributed by atoms with Gasteiger partial charge in [-0.1, -0.05) is 49.0 Å². The molecular weight excluding hydrogens is 295 g/mol. The van der Waals surface area contributed by atoms with Crippen molar-refractivity contribution in [3.05, 3.63) is 60.2 Å². The number of fused-ring (bicyclic) bond motifs is 1. The fraction of sp³-hybridized carbons (Fsp3) is 0.0714. The number of rotatable bonds is 5. The van der Waals surface area contributed by atoms with Crippen LogP contribution in [-0.2, 0) is 13.9 Å².